The maximum atomic E-state index is 5.36. The molecule has 1 aliphatic rings. The average Bonchev–Trinajstić information content (AvgIpc) is 2.83. The van der Waals surface area contributed by atoms with E-state index in [4.69, 9.17) is 18.9 Å². The Hall–Kier alpha value is -0.820. The first-order valence-electron chi connectivity index (χ1n) is 5.59. The number of methoxy groups -OCH3 is 2. The topological polar surface area (TPSA) is 49.0 Å². The van der Waals surface area contributed by atoms with Gasteiger partial charge in [-0.1, -0.05) is 0 Å². The Morgan fingerprint density at radius 1 is 1.33 bits per heavy atom. The third-order valence-electron chi connectivity index (χ3n) is 2.65. The molecule has 18 heavy (non-hydrogen) atoms. The van der Waals surface area contributed by atoms with Crippen LogP contribution in [0.2, 0.25) is 0 Å². The molecule has 5 nitrogen and oxygen atoms in total. The van der Waals surface area contributed by atoms with Gasteiger partial charge in [0, 0.05) is 27.3 Å². The third-order valence-corrected chi connectivity index (χ3v) is 3.24. The van der Waals surface area contributed by atoms with Gasteiger partial charge in [-0.3, -0.25) is 0 Å². The minimum atomic E-state index is -0.234. The van der Waals surface area contributed by atoms with Crippen LogP contribution in [0.3, 0.4) is 0 Å². The van der Waals surface area contributed by atoms with E-state index in [9.17, 15) is 0 Å². The van der Waals surface area contributed by atoms with E-state index in [1.165, 1.54) is 0 Å². The average molecular weight is 318 g/mol. The second-order valence-electron chi connectivity index (χ2n) is 3.84. The summed E-state index contributed by atoms with van der Waals surface area (Å²) in [4.78, 5) is 0. The van der Waals surface area contributed by atoms with E-state index in [0.29, 0.717) is 13.1 Å². The van der Waals surface area contributed by atoms with Gasteiger partial charge in [0.15, 0.2) is 17.8 Å². The van der Waals surface area contributed by atoms with E-state index in [1.54, 1.807) is 14.2 Å². The van der Waals surface area contributed by atoms with Crippen molar-refractivity contribution in [2.75, 3.05) is 27.6 Å². The van der Waals surface area contributed by atoms with Gasteiger partial charge in [0.25, 0.3) is 0 Å². The highest BCUT2D eigenvalue weighted by molar-refractivity contribution is 9.10. The molecule has 0 atom stereocenters. The van der Waals surface area contributed by atoms with Crippen LogP contribution < -0.4 is 14.8 Å². The number of fused-ring (bicyclic) bond motifs is 1. The number of hydrogen-bond acceptors (Lipinski definition) is 5. The lowest BCUT2D eigenvalue weighted by atomic mass is 10.2. The minimum Gasteiger partial charge on any atom is -0.454 e. The van der Waals surface area contributed by atoms with Crippen LogP contribution in [0.15, 0.2) is 16.6 Å². The van der Waals surface area contributed by atoms with Crippen LogP contribution >= 0.6 is 15.9 Å². The first-order chi connectivity index (χ1) is 8.74. The standard InChI is InChI=1S/C12H16BrNO4/c1-15-11(16-2)6-14-5-8-3-9(13)12-10(4-8)17-7-18-12/h3-4,11,14H,5-7H2,1-2H3. The Kier molecular flexibility index (Phi) is 4.82. The summed E-state index contributed by atoms with van der Waals surface area (Å²) in [6, 6.07) is 3.98. The van der Waals surface area contributed by atoms with Crippen LogP contribution in [0.1, 0.15) is 5.56 Å². The molecule has 0 fully saturated rings. The molecule has 6 heteroatoms. The van der Waals surface area contributed by atoms with Crippen molar-refractivity contribution in [2.24, 2.45) is 0 Å². The fourth-order valence-corrected chi connectivity index (χ4v) is 2.32. The maximum absolute atomic E-state index is 5.36. The Morgan fingerprint density at radius 2 is 2.11 bits per heavy atom. The van der Waals surface area contributed by atoms with E-state index in [-0.39, 0.29) is 13.1 Å². The second kappa shape index (κ2) is 6.38. The summed E-state index contributed by atoms with van der Waals surface area (Å²) in [5, 5.41) is 3.25. The minimum absolute atomic E-state index is 0.234. The number of nitrogens with one attached hydrogen (secondary N) is 1. The normalized spacial score (nSPS) is 13.3. The molecule has 1 aliphatic heterocycles. The maximum Gasteiger partial charge on any atom is 0.231 e. The van der Waals surface area contributed by atoms with E-state index in [1.807, 2.05) is 12.1 Å². The highest BCUT2D eigenvalue weighted by atomic mass is 79.9. The van der Waals surface area contributed by atoms with Gasteiger partial charge in [0.1, 0.15) is 0 Å². The predicted molar refractivity (Wildman–Crippen MR) is 69.8 cm³/mol. The van der Waals surface area contributed by atoms with Gasteiger partial charge >= 0.3 is 0 Å². The molecule has 0 bridgehead atoms. The first-order valence-corrected chi connectivity index (χ1v) is 6.38. The monoisotopic (exact) mass is 317 g/mol. The Morgan fingerprint density at radius 3 is 2.83 bits per heavy atom. The predicted octanol–water partition coefficient (Wildman–Crippen LogP) is 1.89. The van der Waals surface area contributed by atoms with Gasteiger partial charge in [-0.25, -0.2) is 0 Å². The van der Waals surface area contributed by atoms with Gasteiger partial charge in [-0.05, 0) is 33.6 Å². The molecule has 1 N–H and O–H groups in total. The highest BCUT2D eigenvalue weighted by Gasteiger charge is 2.17. The fourth-order valence-electron chi connectivity index (χ4n) is 1.72. The van der Waals surface area contributed by atoms with Gasteiger partial charge in [0.2, 0.25) is 6.79 Å². The largest absolute Gasteiger partial charge is 0.454 e. The number of ether oxygens (including phenoxy) is 4. The van der Waals surface area contributed by atoms with Crippen molar-refractivity contribution in [3.63, 3.8) is 0 Å². The Labute approximate surface area is 114 Å². The number of hydrogen-bond donors (Lipinski definition) is 1. The van der Waals surface area contributed by atoms with E-state index < -0.39 is 0 Å². The summed E-state index contributed by atoms with van der Waals surface area (Å²) < 4.78 is 21.8. The lowest BCUT2D eigenvalue weighted by molar-refractivity contribution is -0.0989. The number of benzene rings is 1. The molecule has 1 aromatic carbocycles. The summed E-state index contributed by atoms with van der Waals surface area (Å²) in [6.45, 7) is 1.61. The summed E-state index contributed by atoms with van der Waals surface area (Å²) in [6.07, 6.45) is -0.234. The molecule has 0 radical (unpaired) electrons. The van der Waals surface area contributed by atoms with Crippen molar-refractivity contribution < 1.29 is 18.9 Å². The van der Waals surface area contributed by atoms with Crippen molar-refractivity contribution in [2.45, 2.75) is 12.8 Å². The molecule has 0 amide bonds. The van der Waals surface area contributed by atoms with Gasteiger partial charge in [0.05, 0.1) is 4.47 Å². The van der Waals surface area contributed by atoms with Gasteiger partial charge in [-0.2, -0.15) is 0 Å². The van der Waals surface area contributed by atoms with Crippen LogP contribution in [-0.2, 0) is 16.0 Å². The number of rotatable bonds is 6. The van der Waals surface area contributed by atoms with Crippen LogP contribution in [0.25, 0.3) is 0 Å². The van der Waals surface area contributed by atoms with E-state index in [0.717, 1.165) is 21.5 Å². The molecular formula is C12H16BrNO4. The summed E-state index contributed by atoms with van der Waals surface area (Å²) in [7, 11) is 3.24. The van der Waals surface area contributed by atoms with Crippen molar-refractivity contribution in [3.8, 4) is 11.5 Å². The Balaban J connectivity index is 1.92. The molecule has 1 heterocycles. The molecule has 1 aromatic rings. The summed E-state index contributed by atoms with van der Waals surface area (Å²) in [5.41, 5.74) is 1.11. The molecule has 100 valence electrons. The molecule has 0 aliphatic carbocycles. The smallest absolute Gasteiger partial charge is 0.231 e. The fraction of sp³-hybridized carbons (Fsp3) is 0.500. The zero-order valence-corrected chi connectivity index (χ0v) is 12.0. The van der Waals surface area contributed by atoms with Crippen molar-refractivity contribution >= 4 is 15.9 Å². The highest BCUT2D eigenvalue weighted by Crippen LogP contribution is 2.39. The zero-order chi connectivity index (χ0) is 13.0. The van der Waals surface area contributed by atoms with Crippen LogP contribution in [0, 0.1) is 0 Å². The van der Waals surface area contributed by atoms with E-state index in [2.05, 4.69) is 21.2 Å². The molecule has 0 spiro atoms. The zero-order valence-electron chi connectivity index (χ0n) is 10.4. The lowest BCUT2D eigenvalue weighted by Crippen LogP contribution is -2.29. The molecule has 0 saturated carbocycles. The molecule has 0 unspecified atom stereocenters. The van der Waals surface area contributed by atoms with Crippen LogP contribution in [-0.4, -0.2) is 33.8 Å². The van der Waals surface area contributed by atoms with Gasteiger partial charge < -0.3 is 24.3 Å². The van der Waals surface area contributed by atoms with Gasteiger partial charge in [-0.15, -0.1) is 0 Å². The quantitative estimate of drug-likeness (QED) is 0.812. The molecule has 0 saturated heterocycles. The molecule has 0 aromatic heterocycles. The first kappa shape index (κ1) is 13.6. The summed E-state index contributed by atoms with van der Waals surface area (Å²) >= 11 is 3.46. The SMILES string of the molecule is COC(CNCc1cc(Br)c2c(c1)OCO2)OC. The molecule has 2 rings (SSSR count). The lowest BCUT2D eigenvalue weighted by Gasteiger charge is -2.14. The van der Waals surface area contributed by atoms with Crippen molar-refractivity contribution in [1.82, 2.24) is 5.32 Å². The Bertz CT molecular complexity index is 409. The van der Waals surface area contributed by atoms with Crippen molar-refractivity contribution in [3.05, 3.63) is 22.2 Å². The second-order valence-corrected chi connectivity index (χ2v) is 4.70. The number of halogens is 1. The van der Waals surface area contributed by atoms with Crippen molar-refractivity contribution in [1.29, 1.82) is 0 Å². The molecular weight excluding hydrogens is 302 g/mol. The summed E-state index contributed by atoms with van der Waals surface area (Å²) in [5.74, 6) is 1.54. The van der Waals surface area contributed by atoms with E-state index >= 15 is 0 Å². The third kappa shape index (κ3) is 3.14. The van der Waals surface area contributed by atoms with Crippen LogP contribution in [0.4, 0.5) is 0 Å². The van der Waals surface area contributed by atoms with Crippen LogP contribution in [0.5, 0.6) is 11.5 Å².